The fraction of sp³-hybridized carbons (Fsp3) is 0.118. The molecule has 2 heterocycles. The molecule has 2 N–H and O–H groups in total. The molecule has 25 heavy (non-hydrogen) atoms. The van der Waals surface area contributed by atoms with Crippen molar-refractivity contribution in [1.82, 2.24) is 25.4 Å². The molecule has 128 valence electrons. The van der Waals surface area contributed by atoms with Crippen LogP contribution in [0.25, 0.3) is 27.9 Å². The van der Waals surface area contributed by atoms with Gasteiger partial charge in [-0.1, -0.05) is 18.7 Å². The monoisotopic (exact) mass is 355 g/mol. The molecule has 0 amide bonds. The van der Waals surface area contributed by atoms with Crippen molar-refractivity contribution in [1.29, 1.82) is 0 Å². The van der Waals surface area contributed by atoms with Gasteiger partial charge in [-0.15, -0.1) is 0 Å². The molecule has 0 fully saturated rings. The maximum absolute atomic E-state index is 11.5. The van der Waals surface area contributed by atoms with E-state index in [9.17, 15) is 8.42 Å². The van der Waals surface area contributed by atoms with E-state index in [2.05, 4.69) is 32.0 Å². The predicted molar refractivity (Wildman–Crippen MR) is 98.2 cm³/mol. The van der Waals surface area contributed by atoms with Gasteiger partial charge in [0.05, 0.1) is 11.2 Å². The van der Waals surface area contributed by atoms with Crippen LogP contribution in [0.4, 0.5) is 0 Å². The molecule has 7 nitrogen and oxygen atoms in total. The van der Waals surface area contributed by atoms with E-state index < -0.39 is 9.84 Å². The summed E-state index contributed by atoms with van der Waals surface area (Å²) in [5.74, 6) is 0.658. The van der Waals surface area contributed by atoms with Crippen LogP contribution < -0.4 is 0 Å². The molecule has 3 rings (SSSR count). The summed E-state index contributed by atoms with van der Waals surface area (Å²) in [7, 11) is -3.22. The summed E-state index contributed by atoms with van der Waals surface area (Å²) < 4.78 is 23.1. The van der Waals surface area contributed by atoms with E-state index in [0.29, 0.717) is 17.1 Å². The van der Waals surface area contributed by atoms with Crippen LogP contribution in [0.3, 0.4) is 0 Å². The van der Waals surface area contributed by atoms with Crippen LogP contribution in [0.1, 0.15) is 12.6 Å². The highest BCUT2D eigenvalue weighted by molar-refractivity contribution is 7.94. The van der Waals surface area contributed by atoms with Crippen LogP contribution in [0, 0.1) is 0 Å². The van der Waals surface area contributed by atoms with Crippen LogP contribution in [-0.2, 0) is 9.84 Å². The number of aromatic amines is 2. The lowest BCUT2D eigenvalue weighted by Gasteiger charge is -2.01. The molecule has 0 saturated heterocycles. The molecule has 3 aromatic rings. The van der Waals surface area contributed by atoms with Gasteiger partial charge in [0.15, 0.2) is 15.7 Å². The van der Waals surface area contributed by atoms with E-state index in [-0.39, 0.29) is 4.91 Å². The van der Waals surface area contributed by atoms with E-state index in [0.717, 1.165) is 16.5 Å². The number of hydrogen-bond donors (Lipinski definition) is 2. The second kappa shape index (κ2) is 6.48. The Bertz CT molecular complexity index is 1090. The highest BCUT2D eigenvalue weighted by Crippen LogP contribution is 2.27. The van der Waals surface area contributed by atoms with Gasteiger partial charge in [-0.25, -0.2) is 13.4 Å². The molecule has 2 aromatic heterocycles. The topological polar surface area (TPSA) is 104 Å². The first kappa shape index (κ1) is 16.8. The Balaban J connectivity index is 2.10. The molecule has 8 heteroatoms. The third kappa shape index (κ3) is 3.43. The van der Waals surface area contributed by atoms with Crippen molar-refractivity contribution >= 4 is 26.3 Å². The van der Waals surface area contributed by atoms with E-state index in [1.54, 1.807) is 25.2 Å². The van der Waals surface area contributed by atoms with Crippen molar-refractivity contribution in [3.05, 3.63) is 59.9 Å². The zero-order valence-corrected chi connectivity index (χ0v) is 14.6. The van der Waals surface area contributed by atoms with Crippen molar-refractivity contribution in [3.63, 3.8) is 0 Å². The van der Waals surface area contributed by atoms with Gasteiger partial charge in [-0.3, -0.25) is 10.2 Å². The smallest absolute Gasteiger partial charge is 0.171 e. The number of nitrogens with zero attached hydrogens (tertiary/aromatic N) is 3. The molecule has 1 aromatic carbocycles. The van der Waals surface area contributed by atoms with Crippen LogP contribution in [0.2, 0.25) is 0 Å². The summed E-state index contributed by atoms with van der Waals surface area (Å²) in [6.45, 7) is 5.36. The van der Waals surface area contributed by atoms with Crippen LogP contribution in [0.15, 0.2) is 54.2 Å². The van der Waals surface area contributed by atoms with E-state index in [1.165, 1.54) is 12.6 Å². The third-order valence-corrected chi connectivity index (χ3v) is 5.13. The van der Waals surface area contributed by atoms with Crippen LogP contribution in [0.5, 0.6) is 0 Å². The molecule has 0 bridgehead atoms. The summed E-state index contributed by atoms with van der Waals surface area (Å²) >= 11 is 0. The maximum Gasteiger partial charge on any atom is 0.171 e. The van der Waals surface area contributed by atoms with Crippen LogP contribution in [-0.4, -0.2) is 40.1 Å². The average molecular weight is 355 g/mol. The number of fused-ring (bicyclic) bond motifs is 1. The summed E-state index contributed by atoms with van der Waals surface area (Å²) in [6.07, 6.45) is 7.51. The van der Waals surface area contributed by atoms with Crippen molar-refractivity contribution in [2.45, 2.75) is 6.92 Å². The fourth-order valence-corrected chi connectivity index (χ4v) is 2.62. The number of benzene rings is 1. The number of hydrogen-bond acceptors (Lipinski definition) is 5. The lowest BCUT2D eigenvalue weighted by atomic mass is 10.1. The summed E-state index contributed by atoms with van der Waals surface area (Å²) in [6, 6.07) is 5.76. The zero-order chi connectivity index (χ0) is 18.0. The molecule has 0 saturated carbocycles. The minimum absolute atomic E-state index is 0.272. The highest BCUT2D eigenvalue weighted by atomic mass is 32.2. The molecule has 0 unspecified atom stereocenters. The normalized spacial score (nSPS) is 13.4. The van der Waals surface area contributed by atoms with Gasteiger partial charge in [0.2, 0.25) is 0 Å². The number of rotatable bonds is 5. The Kier molecular flexibility index (Phi) is 4.37. The van der Waals surface area contributed by atoms with Crippen molar-refractivity contribution in [3.8, 4) is 11.4 Å². The van der Waals surface area contributed by atoms with Crippen molar-refractivity contribution < 1.29 is 8.42 Å². The SMILES string of the molecule is C=C/C(=C\C=C(/C)S(C)(=O)=O)c1n[nH]c2ccc(-c3ncn[nH]3)cc12. The van der Waals surface area contributed by atoms with E-state index in [4.69, 9.17) is 0 Å². The largest absolute Gasteiger partial charge is 0.277 e. The number of allylic oxidation sites excluding steroid dienone is 5. The second-order valence-electron chi connectivity index (χ2n) is 5.54. The Morgan fingerprint density at radius 3 is 2.68 bits per heavy atom. The molecular formula is C17H17N5O2S. The maximum atomic E-state index is 11.5. The minimum Gasteiger partial charge on any atom is -0.277 e. The first-order chi connectivity index (χ1) is 11.9. The van der Waals surface area contributed by atoms with Gasteiger partial charge in [-0.05, 0) is 31.2 Å². The van der Waals surface area contributed by atoms with Crippen LogP contribution >= 0.6 is 0 Å². The molecular weight excluding hydrogens is 338 g/mol. The van der Waals surface area contributed by atoms with Gasteiger partial charge in [-0.2, -0.15) is 10.2 Å². The Morgan fingerprint density at radius 2 is 2.04 bits per heavy atom. The predicted octanol–water partition coefficient (Wildman–Crippen LogP) is 2.87. The van der Waals surface area contributed by atoms with E-state index in [1.807, 2.05) is 18.2 Å². The summed E-state index contributed by atoms with van der Waals surface area (Å²) in [5, 5.41) is 14.9. The number of sulfone groups is 1. The molecule has 0 atom stereocenters. The first-order valence-corrected chi connectivity index (χ1v) is 9.34. The van der Waals surface area contributed by atoms with Gasteiger partial charge < -0.3 is 0 Å². The molecule has 0 aliphatic carbocycles. The van der Waals surface area contributed by atoms with Gasteiger partial charge in [0.1, 0.15) is 6.33 Å². The second-order valence-corrected chi connectivity index (χ2v) is 7.73. The number of aromatic nitrogens is 5. The van der Waals surface area contributed by atoms with E-state index >= 15 is 0 Å². The first-order valence-electron chi connectivity index (χ1n) is 7.45. The standard InChI is InChI=1S/C17H17N5O2S/c1-4-12(6-5-11(2)25(3,23)24)16-14-9-13(17-18-10-19-22-17)7-8-15(14)20-21-16/h4-10H,1H2,2-3H3,(H,20,21)(H,18,19,22)/b11-5+,12-6+. The Hall–Kier alpha value is -3.00. The quantitative estimate of drug-likeness (QED) is 0.685. The third-order valence-electron chi connectivity index (χ3n) is 3.83. The van der Waals surface area contributed by atoms with Crippen molar-refractivity contribution in [2.24, 2.45) is 0 Å². The molecule has 0 spiro atoms. The van der Waals surface area contributed by atoms with Gasteiger partial charge in [0.25, 0.3) is 0 Å². The number of H-pyrrole nitrogens is 2. The van der Waals surface area contributed by atoms with Gasteiger partial charge >= 0.3 is 0 Å². The molecule has 0 radical (unpaired) electrons. The zero-order valence-electron chi connectivity index (χ0n) is 13.8. The highest BCUT2D eigenvalue weighted by Gasteiger charge is 2.11. The van der Waals surface area contributed by atoms with Crippen molar-refractivity contribution in [2.75, 3.05) is 6.26 Å². The molecule has 0 aliphatic rings. The Morgan fingerprint density at radius 1 is 1.24 bits per heavy atom. The summed E-state index contributed by atoms with van der Waals surface area (Å²) in [5.41, 5.74) is 3.13. The van der Waals surface area contributed by atoms with Gasteiger partial charge in [0, 0.05) is 27.7 Å². The lowest BCUT2D eigenvalue weighted by molar-refractivity contribution is 0.607. The Labute approximate surface area is 145 Å². The lowest BCUT2D eigenvalue weighted by Crippen LogP contribution is -1.96. The minimum atomic E-state index is -3.22. The summed E-state index contributed by atoms with van der Waals surface area (Å²) in [4.78, 5) is 4.42. The average Bonchev–Trinajstić information content (AvgIpc) is 3.23. The fourth-order valence-electron chi connectivity index (χ4n) is 2.30. The molecule has 0 aliphatic heterocycles. The number of nitrogens with one attached hydrogen (secondary N) is 2.